The SMILES string of the molecule is CC/C=C\C/C=C\C/C=C\C/C=C\C/C=C\CCCCCCCCCCCC(=O)OCC(COC(=O)CCCCCCC/C=C\C/C=C\C/C=C\CC)OC(=O)CCCCCCCCCCCCCCCCCCCCCCC. The van der Waals surface area contributed by atoms with Gasteiger partial charge in [-0.1, -0.05) is 311 Å². The van der Waals surface area contributed by atoms with Gasteiger partial charge < -0.3 is 14.2 Å². The molecular formula is C73H126O6. The summed E-state index contributed by atoms with van der Waals surface area (Å²) >= 11 is 0. The van der Waals surface area contributed by atoms with E-state index in [4.69, 9.17) is 14.2 Å². The van der Waals surface area contributed by atoms with Crippen molar-refractivity contribution < 1.29 is 28.6 Å². The van der Waals surface area contributed by atoms with Gasteiger partial charge >= 0.3 is 17.9 Å². The first kappa shape index (κ1) is 75.3. The fourth-order valence-electron chi connectivity index (χ4n) is 9.60. The molecule has 0 aliphatic carbocycles. The first-order valence-corrected chi connectivity index (χ1v) is 33.7. The van der Waals surface area contributed by atoms with Crippen molar-refractivity contribution in [2.24, 2.45) is 0 Å². The molecular weight excluding hydrogens is 973 g/mol. The number of hydrogen-bond acceptors (Lipinski definition) is 6. The Kier molecular flexibility index (Phi) is 63.7. The van der Waals surface area contributed by atoms with Crippen LogP contribution in [0.4, 0.5) is 0 Å². The van der Waals surface area contributed by atoms with Crippen molar-refractivity contribution in [1.29, 1.82) is 0 Å². The van der Waals surface area contributed by atoms with Crippen LogP contribution in [0.15, 0.2) is 97.2 Å². The van der Waals surface area contributed by atoms with E-state index in [0.717, 1.165) is 135 Å². The van der Waals surface area contributed by atoms with Crippen LogP contribution in [0.1, 0.15) is 329 Å². The summed E-state index contributed by atoms with van der Waals surface area (Å²) in [6, 6.07) is 0. The second-order valence-electron chi connectivity index (χ2n) is 22.3. The minimum absolute atomic E-state index is 0.0840. The van der Waals surface area contributed by atoms with Gasteiger partial charge in [-0.15, -0.1) is 0 Å². The van der Waals surface area contributed by atoms with Crippen LogP contribution in [0.25, 0.3) is 0 Å². The number of hydrogen-bond donors (Lipinski definition) is 0. The molecule has 0 bridgehead atoms. The third-order valence-corrected chi connectivity index (χ3v) is 14.6. The normalized spacial score (nSPS) is 12.7. The summed E-state index contributed by atoms with van der Waals surface area (Å²) in [5.41, 5.74) is 0. The number of allylic oxidation sites excluding steroid dienone is 16. The van der Waals surface area contributed by atoms with E-state index >= 15 is 0 Å². The summed E-state index contributed by atoms with van der Waals surface area (Å²) in [5, 5.41) is 0. The van der Waals surface area contributed by atoms with Gasteiger partial charge in [0.15, 0.2) is 6.10 Å². The minimum atomic E-state index is -0.788. The van der Waals surface area contributed by atoms with Crippen molar-refractivity contribution in [2.75, 3.05) is 13.2 Å². The zero-order valence-corrected chi connectivity index (χ0v) is 52.1. The highest BCUT2D eigenvalue weighted by atomic mass is 16.6. The van der Waals surface area contributed by atoms with Crippen LogP contribution in [-0.4, -0.2) is 37.2 Å². The first-order chi connectivity index (χ1) is 39.0. The number of unbranched alkanes of at least 4 members (excludes halogenated alkanes) is 34. The van der Waals surface area contributed by atoms with Crippen molar-refractivity contribution in [3.63, 3.8) is 0 Å². The van der Waals surface area contributed by atoms with Crippen LogP contribution in [0.3, 0.4) is 0 Å². The molecule has 0 aliphatic rings. The second kappa shape index (κ2) is 66.8. The van der Waals surface area contributed by atoms with Crippen LogP contribution < -0.4 is 0 Å². The van der Waals surface area contributed by atoms with Crippen LogP contribution in [0.5, 0.6) is 0 Å². The zero-order valence-electron chi connectivity index (χ0n) is 52.1. The molecule has 0 heterocycles. The largest absolute Gasteiger partial charge is 0.462 e. The summed E-state index contributed by atoms with van der Waals surface area (Å²) < 4.78 is 17.0. The predicted molar refractivity (Wildman–Crippen MR) is 344 cm³/mol. The van der Waals surface area contributed by atoms with E-state index in [9.17, 15) is 14.4 Å². The molecule has 1 atom stereocenters. The maximum Gasteiger partial charge on any atom is 0.306 e. The highest BCUT2D eigenvalue weighted by molar-refractivity contribution is 5.71. The Morgan fingerprint density at radius 3 is 0.772 bits per heavy atom. The fourth-order valence-corrected chi connectivity index (χ4v) is 9.60. The number of esters is 3. The van der Waals surface area contributed by atoms with Gasteiger partial charge in [-0.05, 0) is 96.3 Å². The second-order valence-corrected chi connectivity index (χ2v) is 22.3. The van der Waals surface area contributed by atoms with Crippen LogP contribution in [0.2, 0.25) is 0 Å². The molecule has 0 aromatic heterocycles. The van der Waals surface area contributed by atoms with Gasteiger partial charge in [0.2, 0.25) is 0 Å². The molecule has 0 aromatic carbocycles. The van der Waals surface area contributed by atoms with Gasteiger partial charge in [-0.2, -0.15) is 0 Å². The molecule has 79 heavy (non-hydrogen) atoms. The van der Waals surface area contributed by atoms with Crippen molar-refractivity contribution in [3.8, 4) is 0 Å². The maximum atomic E-state index is 12.9. The Bertz CT molecular complexity index is 1540. The van der Waals surface area contributed by atoms with E-state index in [1.807, 2.05) is 0 Å². The molecule has 0 saturated carbocycles. The van der Waals surface area contributed by atoms with Gasteiger partial charge in [0.05, 0.1) is 0 Å². The molecule has 0 spiro atoms. The fraction of sp³-hybridized carbons (Fsp3) is 0.740. The molecule has 0 saturated heterocycles. The highest BCUT2D eigenvalue weighted by Gasteiger charge is 2.19. The molecule has 1 unspecified atom stereocenters. The first-order valence-electron chi connectivity index (χ1n) is 33.7. The molecule has 0 radical (unpaired) electrons. The number of carbonyl (C=O) groups excluding carboxylic acids is 3. The average molecular weight is 1100 g/mol. The van der Waals surface area contributed by atoms with Crippen molar-refractivity contribution in [3.05, 3.63) is 97.2 Å². The Balaban J connectivity index is 4.35. The Morgan fingerprint density at radius 1 is 0.266 bits per heavy atom. The van der Waals surface area contributed by atoms with Gasteiger partial charge in [0, 0.05) is 19.3 Å². The minimum Gasteiger partial charge on any atom is -0.462 e. The van der Waals surface area contributed by atoms with Crippen molar-refractivity contribution >= 4 is 17.9 Å². The smallest absolute Gasteiger partial charge is 0.306 e. The zero-order chi connectivity index (χ0) is 57.1. The molecule has 6 nitrogen and oxygen atoms in total. The van der Waals surface area contributed by atoms with Crippen molar-refractivity contribution in [1.82, 2.24) is 0 Å². The number of carbonyl (C=O) groups is 3. The molecule has 0 fully saturated rings. The summed E-state index contributed by atoms with van der Waals surface area (Å²) in [7, 11) is 0. The lowest BCUT2D eigenvalue weighted by molar-refractivity contribution is -0.167. The molecule has 6 heteroatoms. The molecule has 0 aromatic rings. The van der Waals surface area contributed by atoms with E-state index in [1.165, 1.54) is 154 Å². The summed E-state index contributed by atoms with van der Waals surface area (Å²) in [4.78, 5) is 38.4. The lowest BCUT2D eigenvalue weighted by atomic mass is 10.0. The molecule has 454 valence electrons. The standard InChI is InChI=1S/C73H126O6/c1-4-7-10-13-16-19-22-25-28-30-32-34-35-36-37-39-40-42-45-48-51-54-57-60-63-66-72(75)78-69-70(68-77-71(74)65-62-59-56-53-50-47-44-27-24-21-18-15-12-9-6-3)79-73(76)67-64-61-58-55-52-49-46-43-41-38-33-31-29-26-23-20-17-14-11-8-5-2/h7,9-10,12,16,18-19,21,25,27-28,32,34,36-37,44,70H,4-6,8,11,13-15,17,20,22-24,26,29-31,33,35,38-43,45-69H2,1-3H3/b10-7-,12-9-,19-16-,21-18-,28-25-,34-32-,37-36-,44-27-. The van der Waals surface area contributed by atoms with E-state index in [1.54, 1.807) is 0 Å². The third-order valence-electron chi connectivity index (χ3n) is 14.6. The molecule has 0 N–H and O–H groups in total. The van der Waals surface area contributed by atoms with Crippen LogP contribution in [-0.2, 0) is 28.6 Å². The predicted octanol–water partition coefficient (Wildman–Crippen LogP) is 23.2. The summed E-state index contributed by atoms with van der Waals surface area (Å²) in [6.45, 7) is 6.44. The number of ether oxygens (including phenoxy) is 3. The van der Waals surface area contributed by atoms with Gasteiger partial charge in [0.1, 0.15) is 13.2 Å². The van der Waals surface area contributed by atoms with Gasteiger partial charge in [-0.25, -0.2) is 0 Å². The summed E-state index contributed by atoms with van der Waals surface area (Å²) in [6.07, 6.45) is 89.9. The highest BCUT2D eigenvalue weighted by Crippen LogP contribution is 2.17. The molecule has 0 amide bonds. The Labute approximate surface area is 489 Å². The van der Waals surface area contributed by atoms with E-state index < -0.39 is 6.10 Å². The Hall–Kier alpha value is -3.67. The van der Waals surface area contributed by atoms with Crippen molar-refractivity contribution in [2.45, 2.75) is 335 Å². The van der Waals surface area contributed by atoms with E-state index in [-0.39, 0.29) is 31.1 Å². The average Bonchev–Trinajstić information content (AvgIpc) is 3.45. The quantitative estimate of drug-likeness (QED) is 0.0261. The van der Waals surface area contributed by atoms with E-state index in [2.05, 4.69) is 118 Å². The topological polar surface area (TPSA) is 78.9 Å². The Morgan fingerprint density at radius 2 is 0.494 bits per heavy atom. The van der Waals surface area contributed by atoms with Crippen LogP contribution >= 0.6 is 0 Å². The van der Waals surface area contributed by atoms with Crippen LogP contribution in [0, 0.1) is 0 Å². The third kappa shape index (κ3) is 65.0. The number of rotatable bonds is 61. The van der Waals surface area contributed by atoms with E-state index in [0.29, 0.717) is 19.3 Å². The monoisotopic (exact) mass is 1100 g/mol. The molecule has 0 rings (SSSR count). The maximum absolute atomic E-state index is 12.9. The van der Waals surface area contributed by atoms with Gasteiger partial charge in [0.25, 0.3) is 0 Å². The molecule has 0 aliphatic heterocycles. The summed E-state index contributed by atoms with van der Waals surface area (Å²) in [5.74, 6) is -0.891. The lowest BCUT2D eigenvalue weighted by Crippen LogP contribution is -2.30. The lowest BCUT2D eigenvalue weighted by Gasteiger charge is -2.18. The van der Waals surface area contributed by atoms with Gasteiger partial charge in [-0.3, -0.25) is 14.4 Å².